The Morgan fingerprint density at radius 2 is 2.19 bits per heavy atom. The van der Waals surface area contributed by atoms with Crippen LogP contribution in [0.4, 0.5) is 0 Å². The summed E-state index contributed by atoms with van der Waals surface area (Å²) in [5.41, 5.74) is 2.24. The van der Waals surface area contributed by atoms with Crippen LogP contribution in [0.15, 0.2) is 35.8 Å². The van der Waals surface area contributed by atoms with Crippen molar-refractivity contribution < 1.29 is 5.11 Å². The van der Waals surface area contributed by atoms with Crippen molar-refractivity contribution in [2.24, 2.45) is 0 Å². The Kier molecular flexibility index (Phi) is 3.70. The second-order valence-corrected chi connectivity index (χ2v) is 4.68. The molecule has 2 nitrogen and oxygen atoms in total. The van der Waals surface area contributed by atoms with Gasteiger partial charge in [0.05, 0.1) is 11.1 Å². The molecule has 1 N–H and O–H groups in total. The van der Waals surface area contributed by atoms with Gasteiger partial charge in [0.25, 0.3) is 0 Å². The summed E-state index contributed by atoms with van der Waals surface area (Å²) in [5, 5.41) is 13.1. The first kappa shape index (κ1) is 11.3. The van der Waals surface area contributed by atoms with Crippen LogP contribution in [-0.2, 0) is 12.8 Å². The van der Waals surface area contributed by atoms with Crippen LogP contribution in [0.25, 0.3) is 0 Å². The van der Waals surface area contributed by atoms with E-state index in [2.05, 4.69) is 18.0 Å². The standard InChI is InChI=1S/C13H15NOS/c1-2-10-5-3-4-6-11(10)12(15)9-13-14-7-8-16-13/h3-8,12,15H,2,9H2,1H3. The lowest BCUT2D eigenvalue weighted by atomic mass is 9.99. The number of thiazole rings is 1. The minimum atomic E-state index is -0.442. The van der Waals surface area contributed by atoms with Crippen LogP contribution < -0.4 is 0 Å². The van der Waals surface area contributed by atoms with Gasteiger partial charge in [0.2, 0.25) is 0 Å². The molecule has 0 bridgehead atoms. The molecular formula is C13H15NOS. The molecule has 0 saturated carbocycles. The van der Waals surface area contributed by atoms with E-state index in [0.717, 1.165) is 17.0 Å². The second-order valence-electron chi connectivity index (χ2n) is 3.70. The molecule has 1 aromatic heterocycles. The number of hydrogen-bond donors (Lipinski definition) is 1. The number of aryl methyl sites for hydroxylation is 1. The van der Waals surface area contributed by atoms with E-state index in [1.807, 2.05) is 23.6 Å². The van der Waals surface area contributed by atoms with Crippen LogP contribution in [0.5, 0.6) is 0 Å². The predicted molar refractivity (Wildman–Crippen MR) is 66.6 cm³/mol. The van der Waals surface area contributed by atoms with Crippen molar-refractivity contribution in [2.45, 2.75) is 25.9 Å². The lowest BCUT2D eigenvalue weighted by Crippen LogP contribution is -2.04. The molecule has 16 heavy (non-hydrogen) atoms. The van der Waals surface area contributed by atoms with Gasteiger partial charge in [-0.2, -0.15) is 0 Å². The number of aromatic nitrogens is 1. The van der Waals surface area contributed by atoms with Gasteiger partial charge in [-0.1, -0.05) is 31.2 Å². The van der Waals surface area contributed by atoms with E-state index < -0.39 is 6.10 Å². The molecule has 0 saturated heterocycles. The summed E-state index contributed by atoms with van der Waals surface area (Å²) in [6.45, 7) is 2.11. The Hall–Kier alpha value is -1.19. The van der Waals surface area contributed by atoms with Gasteiger partial charge >= 0.3 is 0 Å². The van der Waals surface area contributed by atoms with Crippen molar-refractivity contribution in [3.8, 4) is 0 Å². The Morgan fingerprint density at radius 3 is 2.88 bits per heavy atom. The van der Waals surface area contributed by atoms with Crippen molar-refractivity contribution in [3.63, 3.8) is 0 Å². The van der Waals surface area contributed by atoms with Crippen LogP contribution in [0, 0.1) is 0 Å². The lowest BCUT2D eigenvalue weighted by Gasteiger charge is -2.13. The van der Waals surface area contributed by atoms with Crippen LogP contribution >= 0.6 is 11.3 Å². The highest BCUT2D eigenvalue weighted by molar-refractivity contribution is 7.09. The molecule has 1 heterocycles. The molecule has 0 radical (unpaired) electrons. The largest absolute Gasteiger partial charge is 0.388 e. The van der Waals surface area contributed by atoms with Crippen molar-refractivity contribution in [1.29, 1.82) is 0 Å². The summed E-state index contributed by atoms with van der Waals surface area (Å²) in [7, 11) is 0. The van der Waals surface area contributed by atoms with Crippen molar-refractivity contribution in [2.75, 3.05) is 0 Å². The average molecular weight is 233 g/mol. The number of hydrogen-bond acceptors (Lipinski definition) is 3. The van der Waals surface area contributed by atoms with Crippen LogP contribution in [-0.4, -0.2) is 10.1 Å². The first-order valence-electron chi connectivity index (χ1n) is 5.45. The summed E-state index contributed by atoms with van der Waals surface area (Å²) in [6.07, 6.45) is 2.89. The summed E-state index contributed by atoms with van der Waals surface area (Å²) in [4.78, 5) is 4.20. The third-order valence-electron chi connectivity index (χ3n) is 2.65. The Labute approximate surface area is 99.6 Å². The number of nitrogens with zero attached hydrogens (tertiary/aromatic N) is 1. The zero-order valence-electron chi connectivity index (χ0n) is 9.26. The molecule has 3 heteroatoms. The molecule has 0 spiro atoms. The molecule has 84 valence electrons. The Morgan fingerprint density at radius 1 is 1.38 bits per heavy atom. The van der Waals surface area contributed by atoms with Gasteiger partial charge in [-0.05, 0) is 17.5 Å². The fraction of sp³-hybridized carbons (Fsp3) is 0.308. The van der Waals surface area contributed by atoms with Crippen molar-refractivity contribution in [3.05, 3.63) is 52.0 Å². The van der Waals surface area contributed by atoms with Gasteiger partial charge in [0.1, 0.15) is 0 Å². The predicted octanol–water partition coefficient (Wildman–Crippen LogP) is 2.98. The Balaban J connectivity index is 2.17. The molecule has 1 atom stereocenters. The first-order valence-corrected chi connectivity index (χ1v) is 6.33. The SMILES string of the molecule is CCc1ccccc1C(O)Cc1nccs1. The van der Waals surface area contributed by atoms with Gasteiger partial charge in [-0.25, -0.2) is 4.98 Å². The van der Waals surface area contributed by atoms with Crippen LogP contribution in [0.2, 0.25) is 0 Å². The van der Waals surface area contributed by atoms with E-state index in [0.29, 0.717) is 6.42 Å². The number of rotatable bonds is 4. The summed E-state index contributed by atoms with van der Waals surface area (Å²) in [5.74, 6) is 0. The minimum Gasteiger partial charge on any atom is -0.388 e. The molecule has 2 rings (SSSR count). The van der Waals surface area contributed by atoms with Crippen LogP contribution in [0.1, 0.15) is 29.2 Å². The van der Waals surface area contributed by atoms with Crippen molar-refractivity contribution in [1.82, 2.24) is 4.98 Å². The van der Waals surface area contributed by atoms with Gasteiger partial charge in [0, 0.05) is 18.0 Å². The number of aliphatic hydroxyl groups excluding tert-OH is 1. The fourth-order valence-corrected chi connectivity index (χ4v) is 2.46. The van der Waals surface area contributed by atoms with E-state index in [4.69, 9.17) is 0 Å². The maximum atomic E-state index is 10.2. The molecule has 2 aromatic rings. The molecule has 0 aliphatic rings. The summed E-state index contributed by atoms with van der Waals surface area (Å²) >= 11 is 1.59. The number of benzene rings is 1. The maximum Gasteiger partial charge on any atom is 0.0954 e. The zero-order valence-corrected chi connectivity index (χ0v) is 10.1. The fourth-order valence-electron chi connectivity index (χ4n) is 1.81. The highest BCUT2D eigenvalue weighted by Gasteiger charge is 2.12. The molecule has 1 aromatic carbocycles. The second kappa shape index (κ2) is 5.23. The summed E-state index contributed by atoms with van der Waals surface area (Å²) in [6, 6.07) is 8.05. The smallest absolute Gasteiger partial charge is 0.0954 e. The monoisotopic (exact) mass is 233 g/mol. The van der Waals surface area contributed by atoms with Crippen molar-refractivity contribution >= 4 is 11.3 Å². The molecule has 0 amide bonds. The van der Waals surface area contributed by atoms with Crippen LogP contribution in [0.3, 0.4) is 0 Å². The summed E-state index contributed by atoms with van der Waals surface area (Å²) < 4.78 is 0. The minimum absolute atomic E-state index is 0.442. The van der Waals surface area contributed by atoms with Gasteiger partial charge in [-0.3, -0.25) is 0 Å². The molecule has 0 aliphatic carbocycles. The third-order valence-corrected chi connectivity index (χ3v) is 3.45. The number of aliphatic hydroxyl groups is 1. The zero-order chi connectivity index (χ0) is 11.4. The lowest BCUT2D eigenvalue weighted by molar-refractivity contribution is 0.177. The topological polar surface area (TPSA) is 33.1 Å². The van der Waals surface area contributed by atoms with Gasteiger partial charge < -0.3 is 5.11 Å². The van der Waals surface area contributed by atoms with E-state index in [1.165, 1.54) is 5.56 Å². The molecule has 0 aliphatic heterocycles. The first-order chi connectivity index (χ1) is 7.81. The Bertz CT molecular complexity index is 439. The van der Waals surface area contributed by atoms with Gasteiger partial charge in [0.15, 0.2) is 0 Å². The van der Waals surface area contributed by atoms with E-state index in [1.54, 1.807) is 17.5 Å². The highest BCUT2D eigenvalue weighted by atomic mass is 32.1. The van der Waals surface area contributed by atoms with E-state index >= 15 is 0 Å². The molecule has 0 fully saturated rings. The average Bonchev–Trinajstić information content (AvgIpc) is 2.81. The van der Waals surface area contributed by atoms with E-state index in [-0.39, 0.29) is 0 Å². The quantitative estimate of drug-likeness (QED) is 0.880. The molecule has 1 unspecified atom stereocenters. The van der Waals surface area contributed by atoms with E-state index in [9.17, 15) is 5.11 Å². The normalized spacial score (nSPS) is 12.6. The van der Waals surface area contributed by atoms with Gasteiger partial charge in [-0.15, -0.1) is 11.3 Å². The third kappa shape index (κ3) is 2.49. The maximum absolute atomic E-state index is 10.2. The highest BCUT2D eigenvalue weighted by Crippen LogP contribution is 2.23. The molecular weight excluding hydrogens is 218 g/mol.